The van der Waals surface area contributed by atoms with Gasteiger partial charge in [-0.25, -0.2) is 16.8 Å². The minimum Gasteiger partial charge on any atom is -0.354 e. The molecule has 0 bridgehead atoms. The van der Waals surface area contributed by atoms with Crippen molar-refractivity contribution >= 4 is 42.8 Å². The third-order valence-electron chi connectivity index (χ3n) is 7.47. The molecular formula is C34H49N3O4S2. The van der Waals surface area contributed by atoms with Crippen LogP contribution in [0.1, 0.15) is 114 Å². The van der Waals surface area contributed by atoms with Crippen molar-refractivity contribution in [2.75, 3.05) is 21.0 Å². The van der Waals surface area contributed by atoms with Crippen LogP contribution < -0.4 is 14.8 Å². The first-order chi connectivity index (χ1) is 20.1. The highest BCUT2D eigenvalue weighted by atomic mass is 32.2. The summed E-state index contributed by atoms with van der Waals surface area (Å²) in [6.45, 7) is 14.4. The fraction of sp³-hybridized carbons (Fsp3) is 0.471. The smallest absolute Gasteiger partial charge is 0.262 e. The summed E-state index contributed by atoms with van der Waals surface area (Å²) in [5.74, 6) is 0.227. The topological polar surface area (TPSA) is 104 Å². The van der Waals surface area contributed by atoms with Gasteiger partial charge in [-0.15, -0.1) is 0 Å². The van der Waals surface area contributed by atoms with Crippen LogP contribution in [0, 0.1) is 0 Å². The molecule has 0 saturated carbocycles. The van der Waals surface area contributed by atoms with Gasteiger partial charge in [0, 0.05) is 5.69 Å². The molecule has 0 aromatic heterocycles. The highest BCUT2D eigenvalue weighted by molar-refractivity contribution is 7.93. The number of hydrogen-bond acceptors (Lipinski definition) is 5. The molecular weight excluding hydrogens is 579 g/mol. The molecule has 0 aliphatic heterocycles. The van der Waals surface area contributed by atoms with Crippen molar-refractivity contribution < 1.29 is 16.8 Å². The molecule has 0 heterocycles. The predicted molar refractivity (Wildman–Crippen MR) is 182 cm³/mol. The van der Waals surface area contributed by atoms with E-state index in [1.54, 1.807) is 12.1 Å². The van der Waals surface area contributed by atoms with Crippen LogP contribution in [0.2, 0.25) is 0 Å². The highest BCUT2D eigenvalue weighted by Crippen LogP contribution is 2.37. The molecule has 0 amide bonds. The summed E-state index contributed by atoms with van der Waals surface area (Å²) in [5, 5.41) is 3.28. The maximum absolute atomic E-state index is 14.0. The molecule has 7 nitrogen and oxygen atoms in total. The normalized spacial score (nSPS) is 12.3. The zero-order valence-corrected chi connectivity index (χ0v) is 28.5. The van der Waals surface area contributed by atoms with Gasteiger partial charge in [-0.3, -0.25) is 9.44 Å². The van der Waals surface area contributed by atoms with Crippen LogP contribution in [0.15, 0.2) is 59.5 Å². The quantitative estimate of drug-likeness (QED) is 0.146. The molecule has 0 radical (unpaired) electrons. The molecule has 3 N–H and O–H groups in total. The molecule has 43 heavy (non-hydrogen) atoms. The molecule has 3 aromatic carbocycles. The molecule has 236 valence electrons. The minimum atomic E-state index is -4.00. The Morgan fingerprint density at radius 3 is 1.74 bits per heavy atom. The lowest BCUT2D eigenvalue weighted by atomic mass is 9.89. The molecule has 0 fully saturated rings. The Balaban J connectivity index is 1.96. The molecule has 0 saturated heterocycles. The lowest BCUT2D eigenvalue weighted by Gasteiger charge is -2.23. The molecule has 0 atom stereocenters. The van der Waals surface area contributed by atoms with Gasteiger partial charge in [0.05, 0.1) is 28.2 Å². The van der Waals surface area contributed by atoms with Gasteiger partial charge in [0.2, 0.25) is 10.0 Å². The predicted octanol–water partition coefficient (Wildman–Crippen LogP) is 9.10. The van der Waals surface area contributed by atoms with Crippen LogP contribution in [0.4, 0.5) is 22.7 Å². The van der Waals surface area contributed by atoms with Crippen molar-refractivity contribution in [3.05, 3.63) is 76.9 Å². The van der Waals surface area contributed by atoms with Gasteiger partial charge >= 0.3 is 0 Å². The fourth-order valence-corrected chi connectivity index (χ4v) is 7.39. The molecule has 0 aliphatic carbocycles. The summed E-state index contributed by atoms with van der Waals surface area (Å²) in [5.41, 5.74) is 5.71. The van der Waals surface area contributed by atoms with Crippen LogP contribution >= 0.6 is 0 Å². The Morgan fingerprint density at radius 2 is 1.23 bits per heavy atom. The summed E-state index contributed by atoms with van der Waals surface area (Å²) >= 11 is 0. The summed E-state index contributed by atoms with van der Waals surface area (Å²) in [4.78, 5) is 0.288. The number of nitrogens with one attached hydrogen (secondary N) is 3. The minimum absolute atomic E-state index is 0.0143. The van der Waals surface area contributed by atoms with E-state index in [2.05, 4.69) is 47.7 Å². The molecule has 0 unspecified atom stereocenters. The fourth-order valence-electron chi connectivity index (χ4n) is 5.07. The number of rotatable bonds is 15. The number of benzene rings is 3. The van der Waals surface area contributed by atoms with E-state index >= 15 is 0 Å². The molecule has 0 aliphatic rings. The van der Waals surface area contributed by atoms with E-state index in [0.717, 1.165) is 41.5 Å². The number of aryl methyl sites for hydroxylation is 1. The highest BCUT2D eigenvalue weighted by Gasteiger charge is 2.27. The summed E-state index contributed by atoms with van der Waals surface area (Å²) in [7, 11) is -7.65. The SMILES string of the molecule is CCCCCCc1ccc(Nc2ccc(NS(=O)(=O)c3c(C(C)C)cc(C(C)C)cc3C(C)C)cc2NS(C)(=O)=O)cc1. The number of unbranched alkanes of at least 4 members (excludes halogenated alkanes) is 3. The first-order valence-electron chi connectivity index (χ1n) is 15.3. The van der Waals surface area contributed by atoms with Gasteiger partial charge in [-0.05, 0) is 83.2 Å². The van der Waals surface area contributed by atoms with E-state index in [-0.39, 0.29) is 34.0 Å². The first kappa shape index (κ1) is 34.5. The monoisotopic (exact) mass is 627 g/mol. The Morgan fingerprint density at radius 1 is 0.651 bits per heavy atom. The van der Waals surface area contributed by atoms with E-state index in [1.807, 2.05) is 52.0 Å². The molecule has 9 heteroatoms. The maximum Gasteiger partial charge on any atom is 0.262 e. The standard InChI is InChI=1S/C34H49N3O4S2/c1-9-10-11-12-13-26-14-16-28(17-15-26)35-32-19-18-29(22-33(32)37-42(8,38)39)36-43(40,41)34-30(24(4)5)20-27(23(2)3)21-31(34)25(6)7/h14-25,35-37H,9-13H2,1-8H3. The van der Waals surface area contributed by atoms with E-state index in [9.17, 15) is 16.8 Å². The Bertz CT molecular complexity index is 1570. The van der Waals surface area contributed by atoms with Crippen molar-refractivity contribution in [2.24, 2.45) is 0 Å². The van der Waals surface area contributed by atoms with Gasteiger partial charge in [-0.2, -0.15) is 0 Å². The van der Waals surface area contributed by atoms with Crippen LogP contribution in [-0.4, -0.2) is 23.1 Å². The van der Waals surface area contributed by atoms with Gasteiger partial charge in [0.25, 0.3) is 10.0 Å². The second-order valence-corrected chi connectivity index (χ2v) is 15.7. The van der Waals surface area contributed by atoms with E-state index < -0.39 is 20.0 Å². The third kappa shape index (κ3) is 9.73. The number of anilines is 4. The largest absolute Gasteiger partial charge is 0.354 e. The second-order valence-electron chi connectivity index (χ2n) is 12.4. The zero-order chi connectivity index (χ0) is 31.9. The summed E-state index contributed by atoms with van der Waals surface area (Å²) in [6, 6.07) is 16.9. The van der Waals surface area contributed by atoms with Crippen molar-refractivity contribution in [3.63, 3.8) is 0 Å². The molecule has 0 spiro atoms. The van der Waals surface area contributed by atoms with Crippen molar-refractivity contribution in [1.29, 1.82) is 0 Å². The number of sulfonamides is 2. The Hall–Kier alpha value is -3.04. The third-order valence-corrected chi connectivity index (χ3v) is 9.57. The van der Waals surface area contributed by atoms with Crippen molar-refractivity contribution in [3.8, 4) is 0 Å². The van der Waals surface area contributed by atoms with Crippen molar-refractivity contribution in [1.82, 2.24) is 0 Å². The van der Waals surface area contributed by atoms with Gasteiger partial charge in [-0.1, -0.05) is 92.0 Å². The number of hydrogen-bond donors (Lipinski definition) is 3. The zero-order valence-electron chi connectivity index (χ0n) is 26.9. The van der Waals surface area contributed by atoms with Crippen LogP contribution in [0.25, 0.3) is 0 Å². The second kappa shape index (κ2) is 14.6. The summed E-state index contributed by atoms with van der Waals surface area (Å²) in [6.07, 6.45) is 6.91. The van der Waals surface area contributed by atoms with E-state index in [4.69, 9.17) is 0 Å². The van der Waals surface area contributed by atoms with Gasteiger partial charge in [0.15, 0.2) is 0 Å². The molecule has 3 aromatic rings. The van der Waals surface area contributed by atoms with Crippen molar-refractivity contribution in [2.45, 2.75) is 103 Å². The van der Waals surface area contributed by atoms with E-state index in [1.165, 1.54) is 30.9 Å². The van der Waals surface area contributed by atoms with Gasteiger partial charge in [0.1, 0.15) is 0 Å². The Labute approximate surface area is 260 Å². The maximum atomic E-state index is 14.0. The van der Waals surface area contributed by atoms with Crippen LogP contribution in [0.5, 0.6) is 0 Å². The molecule has 3 rings (SSSR count). The summed E-state index contributed by atoms with van der Waals surface area (Å²) < 4.78 is 57.8. The lowest BCUT2D eigenvalue weighted by Crippen LogP contribution is -2.19. The lowest BCUT2D eigenvalue weighted by molar-refractivity contribution is 0.595. The first-order valence-corrected chi connectivity index (χ1v) is 18.7. The Kier molecular flexibility index (Phi) is 11.7. The van der Waals surface area contributed by atoms with E-state index in [0.29, 0.717) is 5.69 Å². The average molecular weight is 628 g/mol. The van der Waals surface area contributed by atoms with Gasteiger partial charge < -0.3 is 5.32 Å². The van der Waals surface area contributed by atoms with Crippen LogP contribution in [-0.2, 0) is 26.5 Å². The average Bonchev–Trinajstić information content (AvgIpc) is 2.91. The van der Waals surface area contributed by atoms with Crippen LogP contribution in [0.3, 0.4) is 0 Å².